The van der Waals surface area contributed by atoms with Crippen LogP contribution in [0.5, 0.6) is 0 Å². The van der Waals surface area contributed by atoms with Gasteiger partial charge in [0.1, 0.15) is 36.6 Å². The molecule has 7 nitrogen and oxygen atoms in total. The first-order valence-electron chi connectivity index (χ1n) is 13.3. The van der Waals surface area contributed by atoms with Crippen molar-refractivity contribution in [3.05, 3.63) is 0 Å². The molecule has 1 saturated carbocycles. The lowest BCUT2D eigenvalue weighted by atomic mass is 9.85. The highest BCUT2D eigenvalue weighted by molar-refractivity contribution is 8.67. The monoisotopic (exact) mass is 544 g/mol. The maximum Gasteiger partial charge on any atom is 0.245 e. The molecule has 34 heavy (non-hydrogen) atoms. The number of hydrogen-bond acceptors (Lipinski definition) is 8. The maximum absolute atomic E-state index is 10.4. The van der Waals surface area contributed by atoms with E-state index in [1.165, 1.54) is 83.5 Å². The minimum Gasteiger partial charge on any atom is -0.387 e. The number of hydrogen-bond donors (Lipinski definition) is 6. The van der Waals surface area contributed by atoms with Crippen LogP contribution in [0.3, 0.4) is 0 Å². The Morgan fingerprint density at radius 1 is 0.588 bits per heavy atom. The summed E-state index contributed by atoms with van der Waals surface area (Å²) in [7, 11) is 0. The Hall–Kier alpha value is 0.720. The molecule has 10 heteroatoms. The molecule has 0 aromatic heterocycles. The molecule has 1 aliphatic rings. The van der Waals surface area contributed by atoms with Gasteiger partial charge < -0.3 is 34.9 Å². The number of aliphatic hydroxyl groups excluding tert-OH is 5. The van der Waals surface area contributed by atoms with Crippen LogP contribution in [0.1, 0.15) is 110 Å². The minimum absolute atomic E-state index is 0.596. The molecule has 0 radical (unpaired) electrons. The van der Waals surface area contributed by atoms with Crippen molar-refractivity contribution in [2.24, 2.45) is 0 Å². The van der Waals surface area contributed by atoms with E-state index in [9.17, 15) is 30.4 Å². The predicted molar refractivity (Wildman–Crippen MR) is 143 cm³/mol. The molecular formula is C24H49O7PS2. The fraction of sp³-hybridized carbons (Fsp3) is 1.00. The molecule has 0 aliphatic heterocycles. The van der Waals surface area contributed by atoms with E-state index < -0.39 is 42.3 Å². The first kappa shape index (κ1) is 32.7. The van der Waals surface area contributed by atoms with Crippen LogP contribution in [0.4, 0.5) is 0 Å². The van der Waals surface area contributed by atoms with E-state index in [2.05, 4.69) is 6.92 Å². The minimum atomic E-state index is -3.37. The van der Waals surface area contributed by atoms with Crippen molar-refractivity contribution in [3.63, 3.8) is 0 Å². The second kappa shape index (κ2) is 18.9. The summed E-state index contributed by atoms with van der Waals surface area (Å²) in [5.74, 6) is 0.596. The van der Waals surface area contributed by atoms with Crippen LogP contribution in [-0.4, -0.2) is 72.8 Å². The van der Waals surface area contributed by atoms with E-state index in [-0.39, 0.29) is 0 Å². The third kappa shape index (κ3) is 13.3. The van der Waals surface area contributed by atoms with Gasteiger partial charge in [0.05, 0.1) is 0 Å². The number of unbranched alkanes of at least 4 members (excludes halogenated alkanes) is 15. The highest BCUT2D eigenvalue weighted by Gasteiger charge is 2.50. The van der Waals surface area contributed by atoms with Gasteiger partial charge in [0.25, 0.3) is 0 Å². The standard InChI is InChI=1S/C24H49O7PS2/c1-2-3-4-5-6-7-8-9-10-11-12-13-14-15-16-17-18-34-32(30,33)31-24-22(28)20(26)19(25)21(27)23(24)29/h19-29H,2-18H2,1H3,(H,30,33)/t19?,20-,21+,22-,23-,24?,32?/m0/s1. The Morgan fingerprint density at radius 3 is 1.29 bits per heavy atom. The van der Waals surface area contributed by atoms with Crippen molar-refractivity contribution in [1.29, 1.82) is 0 Å². The van der Waals surface area contributed by atoms with Gasteiger partial charge in [-0.1, -0.05) is 115 Å². The Balaban J connectivity index is 2.00. The molecule has 1 rings (SSSR count). The Morgan fingerprint density at radius 2 is 0.912 bits per heavy atom. The molecule has 0 saturated heterocycles. The van der Waals surface area contributed by atoms with Gasteiger partial charge in [0.2, 0.25) is 5.69 Å². The highest BCUT2D eigenvalue weighted by Crippen LogP contribution is 2.58. The summed E-state index contributed by atoms with van der Waals surface area (Å²) >= 11 is 6.18. The molecule has 0 bridgehead atoms. The molecule has 1 fully saturated rings. The zero-order valence-electron chi connectivity index (χ0n) is 20.8. The van der Waals surface area contributed by atoms with Crippen LogP contribution in [0.2, 0.25) is 0 Å². The van der Waals surface area contributed by atoms with Crippen LogP contribution in [0.25, 0.3) is 0 Å². The third-order valence-electron chi connectivity index (χ3n) is 6.58. The Bertz CT molecular complexity index is 541. The summed E-state index contributed by atoms with van der Waals surface area (Å²) in [4.78, 5) is 10.4. The molecule has 0 aromatic rings. The summed E-state index contributed by atoms with van der Waals surface area (Å²) < 4.78 is 5.33. The van der Waals surface area contributed by atoms with Crippen LogP contribution in [0.15, 0.2) is 0 Å². The number of aliphatic hydroxyl groups is 5. The summed E-state index contributed by atoms with van der Waals surface area (Å²) in [6, 6.07) is 0. The Labute approximate surface area is 215 Å². The predicted octanol–water partition coefficient (Wildman–Crippen LogP) is 4.40. The fourth-order valence-electron chi connectivity index (χ4n) is 4.34. The lowest BCUT2D eigenvalue weighted by molar-refractivity contribution is -0.216. The molecule has 3 unspecified atom stereocenters. The van der Waals surface area contributed by atoms with Gasteiger partial charge in [-0.15, -0.1) is 0 Å². The first-order chi connectivity index (χ1) is 16.2. The highest BCUT2D eigenvalue weighted by atomic mass is 32.9. The average molecular weight is 545 g/mol. The van der Waals surface area contributed by atoms with Crippen LogP contribution in [-0.2, 0) is 16.3 Å². The van der Waals surface area contributed by atoms with E-state index in [4.69, 9.17) is 16.3 Å². The van der Waals surface area contributed by atoms with Gasteiger partial charge in [-0.2, -0.15) is 0 Å². The van der Waals surface area contributed by atoms with Crippen molar-refractivity contribution in [2.45, 2.75) is 146 Å². The zero-order valence-corrected chi connectivity index (χ0v) is 23.4. The normalized spacial score (nSPS) is 29.3. The Kier molecular flexibility index (Phi) is 18.2. The molecule has 0 spiro atoms. The molecule has 0 aromatic carbocycles. The lowest BCUT2D eigenvalue weighted by Crippen LogP contribution is -2.64. The largest absolute Gasteiger partial charge is 0.387 e. The number of rotatable bonds is 20. The second-order valence-corrected chi connectivity index (χ2v) is 15.9. The van der Waals surface area contributed by atoms with Crippen LogP contribution < -0.4 is 0 Å². The zero-order chi connectivity index (χ0) is 25.4. The van der Waals surface area contributed by atoms with Crippen molar-refractivity contribution in [2.75, 3.05) is 5.75 Å². The van der Waals surface area contributed by atoms with Crippen molar-refractivity contribution in [1.82, 2.24) is 0 Å². The molecule has 204 valence electrons. The van der Waals surface area contributed by atoms with E-state index >= 15 is 0 Å². The van der Waals surface area contributed by atoms with E-state index in [0.717, 1.165) is 30.6 Å². The van der Waals surface area contributed by atoms with E-state index in [0.29, 0.717) is 5.75 Å². The molecule has 0 heterocycles. The van der Waals surface area contributed by atoms with E-state index in [1.807, 2.05) is 0 Å². The summed E-state index contributed by atoms with van der Waals surface area (Å²) in [5.41, 5.74) is -3.37. The van der Waals surface area contributed by atoms with Crippen LogP contribution >= 0.6 is 17.1 Å². The van der Waals surface area contributed by atoms with Gasteiger partial charge >= 0.3 is 0 Å². The molecule has 7 atom stereocenters. The van der Waals surface area contributed by atoms with Gasteiger partial charge in [0.15, 0.2) is 0 Å². The van der Waals surface area contributed by atoms with E-state index in [1.54, 1.807) is 0 Å². The topological polar surface area (TPSA) is 131 Å². The van der Waals surface area contributed by atoms with Gasteiger partial charge in [0, 0.05) is 5.75 Å². The molecule has 6 N–H and O–H groups in total. The third-order valence-corrected chi connectivity index (χ3v) is 10.9. The van der Waals surface area contributed by atoms with Crippen molar-refractivity contribution >= 4 is 28.9 Å². The maximum atomic E-state index is 10.4. The smallest absolute Gasteiger partial charge is 0.245 e. The SMILES string of the molecule is CCCCCCCCCCCCCCCCCCSP(O)(=S)OC1[C@@H](O)[C@H](O)C(O)[C@H](O)[C@@H]1O. The summed E-state index contributed by atoms with van der Waals surface area (Å²) in [5, 5.41) is 49.2. The average Bonchev–Trinajstić information content (AvgIpc) is 2.81. The molecule has 0 amide bonds. The van der Waals surface area contributed by atoms with Crippen LogP contribution in [0, 0.1) is 0 Å². The second-order valence-electron chi connectivity index (χ2n) is 9.63. The fourth-order valence-corrected chi connectivity index (χ4v) is 8.05. The van der Waals surface area contributed by atoms with Gasteiger partial charge in [-0.25, -0.2) is 0 Å². The lowest BCUT2D eigenvalue weighted by Gasteiger charge is -2.42. The van der Waals surface area contributed by atoms with Crippen molar-refractivity contribution < 1.29 is 34.9 Å². The first-order valence-corrected chi connectivity index (χ1v) is 17.5. The van der Waals surface area contributed by atoms with Gasteiger partial charge in [-0.05, 0) is 18.2 Å². The summed E-state index contributed by atoms with van der Waals surface area (Å²) in [6.07, 6.45) is 10.7. The quantitative estimate of drug-likeness (QED) is 0.0975. The summed E-state index contributed by atoms with van der Waals surface area (Å²) in [6.45, 7) is 2.26. The molecular weight excluding hydrogens is 495 g/mol. The van der Waals surface area contributed by atoms with Crippen molar-refractivity contribution in [3.8, 4) is 0 Å². The molecule has 1 aliphatic carbocycles. The van der Waals surface area contributed by atoms with Gasteiger partial charge in [-0.3, -0.25) is 0 Å².